The molecule has 1 aliphatic carbocycles. The third kappa shape index (κ3) is 2.25. The molecule has 10 heavy (non-hydrogen) atoms. The maximum Gasteiger partial charge on any atom is 0.213 e. The molecular weight excluding hydrogens is 130 g/mol. The molecule has 1 aliphatic rings. The van der Waals surface area contributed by atoms with Crippen LogP contribution < -0.4 is 5.32 Å². The van der Waals surface area contributed by atoms with E-state index in [1.165, 1.54) is 20.0 Å². The van der Waals surface area contributed by atoms with E-state index in [2.05, 4.69) is 17.0 Å². The van der Waals surface area contributed by atoms with Gasteiger partial charge in [-0.1, -0.05) is 0 Å². The van der Waals surface area contributed by atoms with E-state index in [4.69, 9.17) is 5.11 Å². The van der Waals surface area contributed by atoms with Gasteiger partial charge in [-0.15, -0.1) is 0 Å². The Hall–Kier alpha value is -0.120. The highest BCUT2D eigenvalue weighted by atomic mass is 16.6. The van der Waals surface area contributed by atoms with Gasteiger partial charge >= 0.3 is 0 Å². The molecule has 0 aromatic carbocycles. The second-order valence-corrected chi connectivity index (χ2v) is 2.88. The summed E-state index contributed by atoms with van der Waals surface area (Å²) in [7, 11) is 1.48. The highest BCUT2D eigenvalue weighted by molar-refractivity contribution is 4.82. The van der Waals surface area contributed by atoms with Crippen molar-refractivity contribution in [3.05, 3.63) is 0 Å². The third-order valence-electron chi connectivity index (χ3n) is 1.96. The van der Waals surface area contributed by atoms with Gasteiger partial charge < -0.3 is 9.84 Å². The van der Waals surface area contributed by atoms with E-state index in [-0.39, 0.29) is 0 Å². The van der Waals surface area contributed by atoms with Crippen molar-refractivity contribution in [3.63, 3.8) is 0 Å². The van der Waals surface area contributed by atoms with Crippen LogP contribution in [0.1, 0.15) is 19.8 Å². The molecule has 0 spiro atoms. The van der Waals surface area contributed by atoms with Crippen LogP contribution in [0.25, 0.3) is 0 Å². The zero-order valence-electron chi connectivity index (χ0n) is 6.50. The van der Waals surface area contributed by atoms with Crippen LogP contribution in [-0.4, -0.2) is 24.7 Å². The van der Waals surface area contributed by atoms with E-state index in [0.29, 0.717) is 6.04 Å². The Kier molecular flexibility index (Phi) is 2.65. The average molecular weight is 145 g/mol. The van der Waals surface area contributed by atoms with Crippen molar-refractivity contribution in [2.24, 2.45) is 5.92 Å². The molecule has 1 rings (SSSR count). The molecule has 0 aromatic heterocycles. The van der Waals surface area contributed by atoms with Gasteiger partial charge in [0.1, 0.15) is 0 Å². The Bertz CT molecular complexity index is 104. The van der Waals surface area contributed by atoms with Crippen molar-refractivity contribution in [1.82, 2.24) is 5.32 Å². The summed E-state index contributed by atoms with van der Waals surface area (Å²) in [5.74, 6) is 0.754. The Labute approximate surface area is 61.4 Å². The monoisotopic (exact) mass is 145 g/mol. The maximum atomic E-state index is 8.97. The minimum absolute atomic E-state index is 0.384. The zero-order chi connectivity index (χ0) is 7.56. The van der Waals surface area contributed by atoms with Crippen LogP contribution in [0.3, 0.4) is 0 Å². The number of aliphatic hydroxyl groups excluding tert-OH is 1. The summed E-state index contributed by atoms with van der Waals surface area (Å²) in [5.41, 5.74) is 0. The van der Waals surface area contributed by atoms with Crippen LogP contribution in [0.15, 0.2) is 0 Å². The molecule has 1 fully saturated rings. The van der Waals surface area contributed by atoms with Crippen LogP contribution >= 0.6 is 0 Å². The number of ether oxygens (including phenoxy) is 1. The van der Waals surface area contributed by atoms with E-state index in [9.17, 15) is 0 Å². The van der Waals surface area contributed by atoms with Crippen LogP contribution in [0.2, 0.25) is 0 Å². The number of hydrogen-bond acceptors (Lipinski definition) is 3. The molecule has 0 radical (unpaired) electrons. The smallest absolute Gasteiger partial charge is 0.213 e. The molecule has 0 bridgehead atoms. The fourth-order valence-corrected chi connectivity index (χ4v) is 1.03. The minimum atomic E-state index is -0.796. The summed E-state index contributed by atoms with van der Waals surface area (Å²) in [6, 6.07) is 0.384. The molecule has 60 valence electrons. The molecule has 0 amide bonds. The maximum absolute atomic E-state index is 8.97. The van der Waals surface area contributed by atoms with Gasteiger partial charge in [0.15, 0.2) is 0 Å². The highest BCUT2D eigenvalue weighted by Gasteiger charge is 2.28. The summed E-state index contributed by atoms with van der Waals surface area (Å²) in [6.07, 6.45) is 1.77. The Morgan fingerprint density at radius 3 is 2.60 bits per heavy atom. The molecular formula is C7H15NO2. The van der Waals surface area contributed by atoms with Gasteiger partial charge in [-0.2, -0.15) is 0 Å². The Balaban J connectivity index is 2.10. The fourth-order valence-electron chi connectivity index (χ4n) is 1.03. The van der Waals surface area contributed by atoms with E-state index in [1.54, 1.807) is 0 Å². The lowest BCUT2D eigenvalue weighted by Gasteiger charge is -2.16. The Morgan fingerprint density at radius 1 is 1.60 bits per heavy atom. The van der Waals surface area contributed by atoms with Gasteiger partial charge in [-0.25, -0.2) is 0 Å². The third-order valence-corrected chi connectivity index (χ3v) is 1.96. The summed E-state index contributed by atoms with van der Waals surface area (Å²) >= 11 is 0. The lowest BCUT2D eigenvalue weighted by Crippen LogP contribution is -2.38. The first-order chi connectivity index (χ1) is 4.74. The van der Waals surface area contributed by atoms with Gasteiger partial charge in [0, 0.05) is 13.2 Å². The van der Waals surface area contributed by atoms with E-state index in [1.807, 2.05) is 0 Å². The van der Waals surface area contributed by atoms with Gasteiger partial charge in [-0.3, -0.25) is 5.32 Å². The highest BCUT2D eigenvalue weighted by Crippen LogP contribution is 2.32. The molecule has 0 saturated heterocycles. The van der Waals surface area contributed by atoms with Crippen molar-refractivity contribution >= 4 is 0 Å². The second-order valence-electron chi connectivity index (χ2n) is 2.88. The van der Waals surface area contributed by atoms with Gasteiger partial charge in [0.2, 0.25) is 6.41 Å². The molecule has 0 aromatic rings. The summed E-state index contributed by atoms with van der Waals surface area (Å²) in [4.78, 5) is 0. The normalized spacial score (nSPS) is 24.3. The van der Waals surface area contributed by atoms with Crippen molar-refractivity contribution in [1.29, 1.82) is 0 Å². The van der Waals surface area contributed by atoms with E-state index in [0.717, 1.165) is 5.92 Å². The predicted octanol–water partition coefficient (Wildman–Crippen LogP) is 0.297. The van der Waals surface area contributed by atoms with Crippen molar-refractivity contribution < 1.29 is 9.84 Å². The number of aliphatic hydroxyl groups is 1. The summed E-state index contributed by atoms with van der Waals surface area (Å²) < 4.78 is 4.64. The predicted molar refractivity (Wildman–Crippen MR) is 38.3 cm³/mol. The molecule has 1 unspecified atom stereocenters. The van der Waals surface area contributed by atoms with Crippen LogP contribution in [0.4, 0.5) is 0 Å². The molecule has 2 atom stereocenters. The SMILES string of the molecule is COC(O)N[C@@H](C)C1CC1. The summed E-state index contributed by atoms with van der Waals surface area (Å²) in [6.45, 7) is 2.07. The molecule has 2 N–H and O–H groups in total. The number of methoxy groups -OCH3 is 1. The average Bonchev–Trinajstić information content (AvgIpc) is 2.68. The summed E-state index contributed by atoms with van der Waals surface area (Å²) in [5, 5.41) is 11.9. The molecule has 0 heterocycles. The van der Waals surface area contributed by atoms with Crippen molar-refractivity contribution in [3.8, 4) is 0 Å². The molecule has 1 saturated carbocycles. The topological polar surface area (TPSA) is 41.5 Å². The lowest BCUT2D eigenvalue weighted by atomic mass is 10.2. The molecule has 3 heteroatoms. The van der Waals surface area contributed by atoms with Crippen molar-refractivity contribution in [2.75, 3.05) is 7.11 Å². The first-order valence-corrected chi connectivity index (χ1v) is 3.71. The number of nitrogens with one attached hydrogen (secondary N) is 1. The van der Waals surface area contributed by atoms with Gasteiger partial charge in [-0.05, 0) is 25.7 Å². The van der Waals surface area contributed by atoms with Crippen LogP contribution in [0, 0.1) is 5.92 Å². The van der Waals surface area contributed by atoms with Gasteiger partial charge in [0.25, 0.3) is 0 Å². The largest absolute Gasteiger partial charge is 0.356 e. The van der Waals surface area contributed by atoms with Gasteiger partial charge in [0.05, 0.1) is 0 Å². The zero-order valence-corrected chi connectivity index (χ0v) is 6.50. The standard InChI is InChI=1S/C7H15NO2/c1-5(6-3-4-6)8-7(9)10-2/h5-9H,3-4H2,1-2H3/t5-,7?/m0/s1. The minimum Gasteiger partial charge on any atom is -0.356 e. The number of rotatable bonds is 4. The van der Waals surface area contributed by atoms with E-state index >= 15 is 0 Å². The Morgan fingerprint density at radius 2 is 2.20 bits per heavy atom. The first kappa shape index (κ1) is 7.98. The van der Waals surface area contributed by atoms with Crippen molar-refractivity contribution in [2.45, 2.75) is 32.2 Å². The quantitative estimate of drug-likeness (QED) is 0.559. The van der Waals surface area contributed by atoms with Crippen LogP contribution in [0.5, 0.6) is 0 Å². The molecule has 3 nitrogen and oxygen atoms in total. The lowest BCUT2D eigenvalue weighted by molar-refractivity contribution is -0.103. The van der Waals surface area contributed by atoms with Crippen LogP contribution in [-0.2, 0) is 4.74 Å². The first-order valence-electron chi connectivity index (χ1n) is 3.71. The second kappa shape index (κ2) is 3.32. The molecule has 0 aliphatic heterocycles. The fraction of sp³-hybridized carbons (Fsp3) is 1.00. The number of hydrogen-bond donors (Lipinski definition) is 2. The van der Waals surface area contributed by atoms with E-state index < -0.39 is 6.41 Å².